The van der Waals surface area contributed by atoms with Gasteiger partial charge in [-0.15, -0.1) is 5.10 Å². The molecule has 1 atom stereocenters. The summed E-state index contributed by atoms with van der Waals surface area (Å²) >= 11 is 0. The van der Waals surface area contributed by atoms with E-state index in [1.54, 1.807) is 4.52 Å². The third kappa shape index (κ3) is 4.33. The number of nitrogens with zero attached hydrogens (tertiary/aromatic N) is 4. The predicted octanol–water partition coefficient (Wildman–Crippen LogP) is 1.76. The fourth-order valence-electron chi connectivity index (χ4n) is 2.86. The molecule has 0 fully saturated rings. The van der Waals surface area contributed by atoms with Gasteiger partial charge in [0.05, 0.1) is 12.5 Å². The third-order valence-corrected chi connectivity index (χ3v) is 4.33. The molecule has 1 amide bonds. The maximum absolute atomic E-state index is 12.5. The smallest absolute Gasteiger partial charge is 0.254 e. The van der Waals surface area contributed by atoms with Gasteiger partial charge in [-0.2, -0.15) is 9.50 Å². The molecule has 0 radical (unpaired) electrons. The monoisotopic (exact) mass is 368 g/mol. The van der Waals surface area contributed by atoms with Gasteiger partial charge >= 0.3 is 0 Å². The number of aryl methyl sites for hydroxylation is 3. The highest BCUT2D eigenvalue weighted by Crippen LogP contribution is 2.15. The minimum Gasteiger partial charge on any atom is -0.491 e. The van der Waals surface area contributed by atoms with Crippen LogP contribution in [0, 0.1) is 20.8 Å². The molecule has 8 heteroatoms. The van der Waals surface area contributed by atoms with Crippen molar-refractivity contribution in [2.24, 2.45) is 0 Å². The summed E-state index contributed by atoms with van der Waals surface area (Å²) in [5.74, 6) is 1.28. The van der Waals surface area contributed by atoms with Crippen molar-refractivity contribution in [3.05, 3.63) is 46.8 Å². The van der Waals surface area contributed by atoms with Gasteiger partial charge in [-0.3, -0.25) is 4.79 Å². The van der Waals surface area contributed by atoms with Crippen LogP contribution in [0.2, 0.25) is 0 Å². The SMILES string of the molecule is Cc1ccc(OC[C@@H](C)NC(=O)Cc2c(C)nc3nc(N)nn3c2C)cc1. The van der Waals surface area contributed by atoms with Gasteiger partial charge in [0.15, 0.2) is 0 Å². The second-order valence-electron chi connectivity index (χ2n) is 6.71. The summed E-state index contributed by atoms with van der Waals surface area (Å²) in [6.07, 6.45) is 0.204. The number of carbonyl (C=O) groups excluding carboxylic acids is 1. The first-order valence-electron chi connectivity index (χ1n) is 8.80. The fourth-order valence-corrected chi connectivity index (χ4v) is 2.86. The molecule has 0 unspecified atom stereocenters. The highest BCUT2D eigenvalue weighted by Gasteiger charge is 2.16. The van der Waals surface area contributed by atoms with E-state index in [-0.39, 0.29) is 24.3 Å². The van der Waals surface area contributed by atoms with Gasteiger partial charge in [0.25, 0.3) is 5.78 Å². The van der Waals surface area contributed by atoms with Gasteiger partial charge in [0, 0.05) is 17.0 Å². The molecule has 1 aromatic carbocycles. The van der Waals surface area contributed by atoms with Crippen LogP contribution >= 0.6 is 0 Å². The number of anilines is 1. The van der Waals surface area contributed by atoms with Crippen molar-refractivity contribution in [3.8, 4) is 5.75 Å². The van der Waals surface area contributed by atoms with Crippen molar-refractivity contribution in [2.45, 2.75) is 40.2 Å². The van der Waals surface area contributed by atoms with Crippen LogP contribution in [0.1, 0.15) is 29.4 Å². The maximum Gasteiger partial charge on any atom is 0.254 e. The van der Waals surface area contributed by atoms with Crippen LogP contribution in [-0.4, -0.2) is 38.1 Å². The van der Waals surface area contributed by atoms with Crippen molar-refractivity contribution >= 4 is 17.6 Å². The molecular formula is C19H24N6O2. The number of carbonyl (C=O) groups is 1. The number of benzene rings is 1. The van der Waals surface area contributed by atoms with E-state index in [9.17, 15) is 4.79 Å². The number of rotatable bonds is 6. The zero-order valence-electron chi connectivity index (χ0n) is 16.0. The number of hydrogen-bond donors (Lipinski definition) is 2. The molecular weight excluding hydrogens is 344 g/mol. The number of aromatic nitrogens is 4. The Bertz CT molecular complexity index is 964. The lowest BCUT2D eigenvalue weighted by atomic mass is 10.1. The number of amides is 1. The van der Waals surface area contributed by atoms with E-state index < -0.39 is 0 Å². The molecule has 3 aromatic rings. The van der Waals surface area contributed by atoms with Crippen molar-refractivity contribution in [1.82, 2.24) is 24.9 Å². The number of fused-ring (bicyclic) bond motifs is 1. The van der Waals surface area contributed by atoms with Crippen LogP contribution in [-0.2, 0) is 11.2 Å². The number of nitrogen functional groups attached to an aromatic ring is 1. The van der Waals surface area contributed by atoms with E-state index in [1.807, 2.05) is 52.0 Å². The number of hydrogen-bond acceptors (Lipinski definition) is 6. The summed E-state index contributed by atoms with van der Waals surface area (Å²) in [5.41, 5.74) is 9.18. The van der Waals surface area contributed by atoms with Gasteiger partial charge < -0.3 is 15.8 Å². The van der Waals surface area contributed by atoms with Crippen molar-refractivity contribution < 1.29 is 9.53 Å². The van der Waals surface area contributed by atoms with Crippen molar-refractivity contribution in [3.63, 3.8) is 0 Å². The molecule has 0 saturated heterocycles. The second kappa shape index (κ2) is 7.61. The van der Waals surface area contributed by atoms with Gasteiger partial charge in [0.2, 0.25) is 11.9 Å². The third-order valence-electron chi connectivity index (χ3n) is 4.33. The largest absolute Gasteiger partial charge is 0.491 e. The van der Waals surface area contributed by atoms with Crippen LogP contribution in [0.15, 0.2) is 24.3 Å². The van der Waals surface area contributed by atoms with Gasteiger partial charge in [0.1, 0.15) is 12.4 Å². The lowest BCUT2D eigenvalue weighted by Crippen LogP contribution is -2.38. The highest BCUT2D eigenvalue weighted by molar-refractivity contribution is 5.79. The molecule has 2 aromatic heterocycles. The first-order valence-corrected chi connectivity index (χ1v) is 8.80. The summed E-state index contributed by atoms with van der Waals surface area (Å²) in [6.45, 7) is 8.05. The average molecular weight is 368 g/mol. The van der Waals surface area contributed by atoms with E-state index in [0.29, 0.717) is 12.4 Å². The Labute approximate surface area is 157 Å². The summed E-state index contributed by atoms with van der Waals surface area (Å²) in [6, 6.07) is 7.69. The highest BCUT2D eigenvalue weighted by atomic mass is 16.5. The quantitative estimate of drug-likeness (QED) is 0.686. The Morgan fingerprint density at radius 1 is 1.22 bits per heavy atom. The van der Waals surface area contributed by atoms with E-state index in [0.717, 1.165) is 22.7 Å². The van der Waals surface area contributed by atoms with E-state index >= 15 is 0 Å². The molecule has 3 rings (SSSR count). The standard InChI is InChI=1S/C19H24N6O2/c1-11-5-7-15(8-6-11)27-10-12(2)21-17(26)9-16-13(3)22-19-23-18(20)24-25(19)14(16)4/h5-8,12H,9-10H2,1-4H3,(H2,20,24)(H,21,26)/t12-/m1/s1. The first kappa shape index (κ1) is 18.6. The van der Waals surface area contributed by atoms with Gasteiger partial charge in [-0.25, -0.2) is 4.98 Å². The summed E-state index contributed by atoms with van der Waals surface area (Å²) in [5, 5.41) is 7.08. The van der Waals surface area contributed by atoms with E-state index in [1.165, 1.54) is 5.56 Å². The molecule has 2 heterocycles. The second-order valence-corrected chi connectivity index (χ2v) is 6.71. The number of nitrogens with two attached hydrogens (primary N) is 1. The fraction of sp³-hybridized carbons (Fsp3) is 0.368. The molecule has 0 bridgehead atoms. The van der Waals surface area contributed by atoms with Crippen LogP contribution in [0.25, 0.3) is 5.78 Å². The van der Waals surface area contributed by atoms with Gasteiger partial charge in [-0.05, 0) is 39.8 Å². The Hall–Kier alpha value is -3.16. The lowest BCUT2D eigenvalue weighted by Gasteiger charge is -2.16. The summed E-state index contributed by atoms with van der Waals surface area (Å²) < 4.78 is 7.28. The van der Waals surface area contributed by atoms with Crippen molar-refractivity contribution in [2.75, 3.05) is 12.3 Å². The number of ether oxygens (including phenoxy) is 1. The Balaban J connectivity index is 1.61. The average Bonchev–Trinajstić information content (AvgIpc) is 2.98. The molecule has 0 aliphatic heterocycles. The number of nitrogens with one attached hydrogen (secondary N) is 1. The summed E-state index contributed by atoms with van der Waals surface area (Å²) in [4.78, 5) is 20.9. The van der Waals surface area contributed by atoms with Crippen LogP contribution in [0.3, 0.4) is 0 Å². The molecule has 0 spiro atoms. The first-order chi connectivity index (χ1) is 12.8. The van der Waals surface area contributed by atoms with Crippen LogP contribution < -0.4 is 15.8 Å². The zero-order valence-corrected chi connectivity index (χ0v) is 16.0. The minimum atomic E-state index is -0.127. The zero-order chi connectivity index (χ0) is 19.6. The maximum atomic E-state index is 12.5. The molecule has 0 aliphatic carbocycles. The van der Waals surface area contributed by atoms with Gasteiger partial charge in [-0.1, -0.05) is 17.7 Å². The lowest BCUT2D eigenvalue weighted by molar-refractivity contribution is -0.121. The normalized spacial score (nSPS) is 12.1. The van der Waals surface area contributed by atoms with Crippen molar-refractivity contribution in [1.29, 1.82) is 0 Å². The Morgan fingerprint density at radius 2 is 1.93 bits per heavy atom. The molecule has 0 saturated carbocycles. The van der Waals surface area contributed by atoms with Crippen LogP contribution in [0.4, 0.5) is 5.95 Å². The Kier molecular flexibility index (Phi) is 5.25. The van der Waals surface area contributed by atoms with E-state index in [2.05, 4.69) is 20.4 Å². The molecule has 3 N–H and O–H groups in total. The Morgan fingerprint density at radius 3 is 2.63 bits per heavy atom. The summed E-state index contributed by atoms with van der Waals surface area (Å²) in [7, 11) is 0. The molecule has 27 heavy (non-hydrogen) atoms. The predicted molar refractivity (Wildman–Crippen MR) is 103 cm³/mol. The molecule has 142 valence electrons. The minimum absolute atomic E-state index is 0.101. The topological polar surface area (TPSA) is 107 Å². The van der Waals surface area contributed by atoms with Crippen LogP contribution in [0.5, 0.6) is 5.75 Å². The van der Waals surface area contributed by atoms with E-state index in [4.69, 9.17) is 10.5 Å². The molecule has 0 aliphatic rings. The molecule has 8 nitrogen and oxygen atoms in total.